The number of benzene rings is 1. The van der Waals surface area contributed by atoms with Crippen LogP contribution in [0.25, 0.3) is 16.5 Å². The van der Waals surface area contributed by atoms with Crippen molar-refractivity contribution in [1.29, 1.82) is 0 Å². The standard InChI is InChI=1S/C17H13ClF2IN/c1-17(19,20)16-14(10-5-3-2-4-6-10)15(18)12-9-11(21)7-8-13(12)22-16/h3,5-9H,2,4H2,1H3. The van der Waals surface area contributed by atoms with Gasteiger partial charge in [0.25, 0.3) is 5.92 Å². The van der Waals surface area contributed by atoms with Crippen LogP contribution in [0, 0.1) is 3.57 Å². The number of hydrogen-bond donors (Lipinski definition) is 0. The van der Waals surface area contributed by atoms with Crippen molar-refractivity contribution in [2.24, 2.45) is 0 Å². The molecule has 1 aromatic carbocycles. The Morgan fingerprint density at radius 2 is 2.05 bits per heavy atom. The van der Waals surface area contributed by atoms with Crippen molar-refractivity contribution >= 4 is 50.7 Å². The quantitative estimate of drug-likeness (QED) is 0.506. The van der Waals surface area contributed by atoms with Crippen LogP contribution in [-0.2, 0) is 5.92 Å². The van der Waals surface area contributed by atoms with Crippen LogP contribution >= 0.6 is 34.2 Å². The van der Waals surface area contributed by atoms with E-state index >= 15 is 0 Å². The van der Waals surface area contributed by atoms with Gasteiger partial charge in [-0.2, -0.15) is 8.78 Å². The Hall–Kier alpha value is -1.01. The van der Waals surface area contributed by atoms with E-state index < -0.39 is 5.92 Å². The van der Waals surface area contributed by atoms with Crippen LogP contribution in [0.3, 0.4) is 0 Å². The molecule has 0 fully saturated rings. The number of nitrogens with zero attached hydrogens (tertiary/aromatic N) is 1. The molecule has 1 aromatic heterocycles. The Morgan fingerprint density at radius 1 is 1.27 bits per heavy atom. The maximum Gasteiger partial charge on any atom is 0.287 e. The third kappa shape index (κ3) is 2.91. The second-order valence-electron chi connectivity index (χ2n) is 5.34. The molecule has 0 aliphatic heterocycles. The van der Waals surface area contributed by atoms with Gasteiger partial charge in [-0.25, -0.2) is 4.98 Å². The summed E-state index contributed by atoms with van der Waals surface area (Å²) in [6, 6.07) is 5.44. The van der Waals surface area contributed by atoms with Gasteiger partial charge >= 0.3 is 0 Å². The fourth-order valence-corrected chi connectivity index (χ4v) is 3.42. The van der Waals surface area contributed by atoms with E-state index in [0.717, 1.165) is 28.9 Å². The number of fused-ring (bicyclic) bond motifs is 1. The molecule has 0 amide bonds. The van der Waals surface area contributed by atoms with Crippen LogP contribution in [-0.4, -0.2) is 4.98 Å². The number of halogens is 4. The van der Waals surface area contributed by atoms with Gasteiger partial charge in [0.05, 0.1) is 10.5 Å². The normalized spacial score (nSPS) is 15.2. The van der Waals surface area contributed by atoms with Crippen LogP contribution in [0.15, 0.2) is 36.4 Å². The molecule has 0 radical (unpaired) electrons. The molecule has 0 atom stereocenters. The number of allylic oxidation sites excluding steroid dienone is 4. The van der Waals surface area contributed by atoms with E-state index in [1.807, 2.05) is 30.4 Å². The van der Waals surface area contributed by atoms with Gasteiger partial charge in [-0.15, -0.1) is 0 Å². The van der Waals surface area contributed by atoms with Gasteiger partial charge in [0.15, 0.2) is 0 Å². The topological polar surface area (TPSA) is 12.9 Å². The average molecular weight is 432 g/mol. The van der Waals surface area contributed by atoms with E-state index in [4.69, 9.17) is 11.6 Å². The highest BCUT2D eigenvalue weighted by atomic mass is 127. The van der Waals surface area contributed by atoms with Crippen molar-refractivity contribution in [3.63, 3.8) is 0 Å². The van der Waals surface area contributed by atoms with Gasteiger partial charge in [0.2, 0.25) is 0 Å². The van der Waals surface area contributed by atoms with Gasteiger partial charge < -0.3 is 0 Å². The molecule has 1 aliphatic rings. The summed E-state index contributed by atoms with van der Waals surface area (Å²) in [4.78, 5) is 4.21. The monoisotopic (exact) mass is 431 g/mol. The first kappa shape index (κ1) is 15.9. The van der Waals surface area contributed by atoms with E-state index in [2.05, 4.69) is 27.6 Å². The molecule has 0 bridgehead atoms. The zero-order chi connectivity index (χ0) is 15.9. The summed E-state index contributed by atoms with van der Waals surface area (Å²) in [7, 11) is 0. The van der Waals surface area contributed by atoms with Crippen LogP contribution < -0.4 is 0 Å². The van der Waals surface area contributed by atoms with Crippen LogP contribution in [0.5, 0.6) is 0 Å². The maximum absolute atomic E-state index is 14.1. The van der Waals surface area contributed by atoms with E-state index in [1.165, 1.54) is 0 Å². The molecule has 0 N–H and O–H groups in total. The predicted octanol–water partition coefficient (Wildman–Crippen LogP) is 6.34. The fraction of sp³-hybridized carbons (Fsp3) is 0.235. The highest BCUT2D eigenvalue weighted by molar-refractivity contribution is 14.1. The van der Waals surface area contributed by atoms with E-state index in [1.54, 1.807) is 6.07 Å². The van der Waals surface area contributed by atoms with Gasteiger partial charge in [-0.3, -0.25) is 0 Å². The molecule has 22 heavy (non-hydrogen) atoms. The minimum Gasteiger partial charge on any atom is -0.246 e. The maximum atomic E-state index is 14.1. The van der Waals surface area contributed by atoms with Crippen molar-refractivity contribution in [3.05, 3.63) is 56.3 Å². The number of pyridine rings is 1. The van der Waals surface area contributed by atoms with Crippen molar-refractivity contribution in [2.45, 2.75) is 25.7 Å². The SMILES string of the molecule is CC(F)(F)c1nc2ccc(I)cc2c(Cl)c1C1=CCCC=C1. The van der Waals surface area contributed by atoms with Gasteiger partial charge in [-0.1, -0.05) is 29.8 Å². The van der Waals surface area contributed by atoms with Crippen molar-refractivity contribution in [1.82, 2.24) is 4.98 Å². The molecule has 114 valence electrons. The Morgan fingerprint density at radius 3 is 2.68 bits per heavy atom. The number of aromatic nitrogens is 1. The van der Waals surface area contributed by atoms with Crippen molar-refractivity contribution in [2.75, 3.05) is 0 Å². The smallest absolute Gasteiger partial charge is 0.246 e. The summed E-state index contributed by atoms with van der Waals surface area (Å²) in [5.41, 5.74) is 1.30. The van der Waals surface area contributed by atoms with Crippen molar-refractivity contribution < 1.29 is 8.78 Å². The molecule has 0 spiro atoms. The van der Waals surface area contributed by atoms with Gasteiger partial charge in [0.1, 0.15) is 5.69 Å². The van der Waals surface area contributed by atoms with Crippen molar-refractivity contribution in [3.8, 4) is 0 Å². The van der Waals surface area contributed by atoms with Crippen LogP contribution in [0.2, 0.25) is 5.02 Å². The Balaban J connectivity index is 2.38. The first-order valence-electron chi connectivity index (χ1n) is 6.92. The molecular weight excluding hydrogens is 419 g/mol. The van der Waals surface area contributed by atoms with E-state index in [0.29, 0.717) is 21.5 Å². The summed E-state index contributed by atoms with van der Waals surface area (Å²) >= 11 is 8.68. The van der Waals surface area contributed by atoms with Crippen LogP contribution in [0.1, 0.15) is 31.0 Å². The van der Waals surface area contributed by atoms with Gasteiger partial charge in [0, 0.05) is 21.4 Å². The number of rotatable bonds is 2. The highest BCUT2D eigenvalue weighted by Crippen LogP contribution is 2.41. The zero-order valence-corrected chi connectivity index (χ0v) is 14.8. The largest absolute Gasteiger partial charge is 0.287 e. The molecule has 0 saturated carbocycles. The zero-order valence-electron chi connectivity index (χ0n) is 11.8. The van der Waals surface area contributed by atoms with E-state index in [9.17, 15) is 8.78 Å². The lowest BCUT2D eigenvalue weighted by molar-refractivity contribution is 0.0128. The molecule has 2 aromatic rings. The minimum absolute atomic E-state index is 0.260. The molecule has 3 rings (SSSR count). The first-order valence-corrected chi connectivity index (χ1v) is 8.38. The third-order valence-electron chi connectivity index (χ3n) is 3.58. The molecule has 0 unspecified atom stereocenters. The summed E-state index contributed by atoms with van der Waals surface area (Å²) in [5.74, 6) is -3.05. The molecule has 1 aliphatic carbocycles. The third-order valence-corrected chi connectivity index (χ3v) is 4.65. The first-order chi connectivity index (χ1) is 10.4. The molecule has 0 saturated heterocycles. The minimum atomic E-state index is -3.05. The average Bonchev–Trinajstić information content (AvgIpc) is 2.47. The lowest BCUT2D eigenvalue weighted by Gasteiger charge is -2.20. The fourth-order valence-electron chi connectivity index (χ4n) is 2.58. The molecular formula is C17H13ClF2IN. The molecule has 5 heteroatoms. The lowest BCUT2D eigenvalue weighted by Crippen LogP contribution is -2.14. The molecule has 1 nitrogen and oxygen atoms in total. The second kappa shape index (κ2) is 5.89. The number of alkyl halides is 2. The summed E-state index contributed by atoms with van der Waals surface area (Å²) in [5, 5.41) is 1.05. The van der Waals surface area contributed by atoms with E-state index in [-0.39, 0.29) is 5.69 Å². The second-order valence-corrected chi connectivity index (χ2v) is 6.96. The highest BCUT2D eigenvalue weighted by Gasteiger charge is 2.33. The predicted molar refractivity (Wildman–Crippen MR) is 95.4 cm³/mol. The Kier molecular flexibility index (Phi) is 4.25. The van der Waals surface area contributed by atoms with Gasteiger partial charge in [-0.05, 0) is 59.2 Å². The lowest BCUT2D eigenvalue weighted by atomic mass is 9.94. The summed E-state index contributed by atoms with van der Waals surface area (Å²) in [6.07, 6.45) is 7.50. The number of hydrogen-bond acceptors (Lipinski definition) is 1. The Labute approximate surface area is 146 Å². The summed E-state index contributed by atoms with van der Waals surface area (Å²) in [6.45, 7) is 0.862. The van der Waals surface area contributed by atoms with Crippen LogP contribution in [0.4, 0.5) is 8.78 Å². The Bertz CT molecular complexity index is 806. The molecule has 1 heterocycles. The summed E-state index contributed by atoms with van der Waals surface area (Å²) < 4.78 is 29.2.